The maximum absolute atomic E-state index is 13.8. The number of fused-ring (bicyclic) bond motifs is 1. The molecule has 1 saturated carbocycles. The van der Waals surface area contributed by atoms with Crippen LogP contribution in [-0.4, -0.2) is 50.6 Å². The Morgan fingerprint density at radius 2 is 2.06 bits per heavy atom. The molecule has 0 unspecified atom stereocenters. The molecule has 0 bridgehead atoms. The number of hydrogen-bond donors (Lipinski definition) is 1. The number of likely N-dealkylation sites (tertiary alicyclic amines) is 1. The number of aromatic nitrogens is 3. The van der Waals surface area contributed by atoms with E-state index < -0.39 is 29.2 Å². The Morgan fingerprint density at radius 3 is 2.77 bits per heavy atom. The van der Waals surface area contributed by atoms with E-state index in [0.29, 0.717) is 26.7 Å². The van der Waals surface area contributed by atoms with E-state index in [-0.39, 0.29) is 36.0 Å². The molecule has 3 aromatic rings. The zero-order valence-corrected chi connectivity index (χ0v) is 19.6. The average Bonchev–Trinajstić information content (AvgIpc) is 3.10. The Labute approximate surface area is 201 Å². The molecule has 0 spiro atoms. The molecule has 1 aromatic carbocycles. The summed E-state index contributed by atoms with van der Waals surface area (Å²) in [6, 6.07) is 5.56. The summed E-state index contributed by atoms with van der Waals surface area (Å²) in [7, 11) is 1.12. The van der Waals surface area contributed by atoms with Gasteiger partial charge < -0.3 is 10.2 Å². The smallest absolute Gasteiger partial charge is 0.350 e. The van der Waals surface area contributed by atoms with Crippen LogP contribution in [-0.2, 0) is 13.2 Å². The van der Waals surface area contributed by atoms with Crippen molar-refractivity contribution >= 4 is 23.2 Å². The van der Waals surface area contributed by atoms with Crippen molar-refractivity contribution < 1.29 is 27.2 Å². The summed E-state index contributed by atoms with van der Waals surface area (Å²) in [4.78, 5) is 32.7. The number of hydrogen-bond acceptors (Lipinski definition) is 5. The van der Waals surface area contributed by atoms with E-state index in [4.69, 9.17) is 0 Å². The largest absolute Gasteiger partial charge is 0.433 e. The normalized spacial score (nSPS) is 21.2. The summed E-state index contributed by atoms with van der Waals surface area (Å²) in [6.45, 7) is 2.25. The van der Waals surface area contributed by atoms with Gasteiger partial charge in [0.15, 0.2) is 5.69 Å². The van der Waals surface area contributed by atoms with Gasteiger partial charge in [-0.15, -0.1) is 11.3 Å². The fraction of sp³-hybridized carbons (Fsp3) is 0.391. The van der Waals surface area contributed by atoms with Crippen LogP contribution >= 0.6 is 11.3 Å². The highest BCUT2D eigenvalue weighted by molar-refractivity contribution is 7.15. The second-order valence-electron chi connectivity index (χ2n) is 8.84. The molecule has 7 nitrogen and oxygen atoms in total. The van der Waals surface area contributed by atoms with Crippen molar-refractivity contribution in [3.05, 3.63) is 58.2 Å². The lowest BCUT2D eigenvalue weighted by Gasteiger charge is -2.27. The number of carbonyl (C=O) groups excluding carboxylic acids is 2. The van der Waals surface area contributed by atoms with Crippen molar-refractivity contribution in [1.82, 2.24) is 25.0 Å². The van der Waals surface area contributed by atoms with Crippen LogP contribution in [0.4, 0.5) is 17.6 Å². The molecule has 1 N–H and O–H groups in total. The molecular formula is C23H21F4N5O2S. The summed E-state index contributed by atoms with van der Waals surface area (Å²) in [5.74, 6) is -1.22. The molecule has 2 amide bonds. The van der Waals surface area contributed by atoms with E-state index in [1.165, 1.54) is 23.5 Å². The van der Waals surface area contributed by atoms with Crippen molar-refractivity contribution in [1.29, 1.82) is 0 Å². The number of rotatable bonds is 5. The van der Waals surface area contributed by atoms with Crippen LogP contribution < -0.4 is 5.32 Å². The number of amides is 2. The van der Waals surface area contributed by atoms with Crippen molar-refractivity contribution in [2.75, 3.05) is 13.1 Å². The second-order valence-corrected chi connectivity index (χ2v) is 10.0. The van der Waals surface area contributed by atoms with Crippen molar-refractivity contribution in [3.63, 3.8) is 0 Å². The first-order valence-corrected chi connectivity index (χ1v) is 11.8. The minimum Gasteiger partial charge on any atom is -0.350 e. The van der Waals surface area contributed by atoms with Crippen LogP contribution in [0.2, 0.25) is 0 Å². The molecule has 35 heavy (non-hydrogen) atoms. The van der Waals surface area contributed by atoms with E-state index in [0.717, 1.165) is 19.7 Å². The van der Waals surface area contributed by atoms with Gasteiger partial charge in [0.25, 0.3) is 11.8 Å². The van der Waals surface area contributed by atoms with Gasteiger partial charge in [-0.1, -0.05) is 12.1 Å². The topological polar surface area (TPSA) is 80.1 Å². The average molecular weight is 508 g/mol. The third-order valence-electron chi connectivity index (χ3n) is 6.51. The lowest BCUT2D eigenvalue weighted by Crippen LogP contribution is -2.46. The minimum absolute atomic E-state index is 0.0103. The van der Waals surface area contributed by atoms with Gasteiger partial charge in [0.1, 0.15) is 11.5 Å². The number of nitrogens with zero attached hydrogens (tertiary/aromatic N) is 4. The molecular weight excluding hydrogens is 486 g/mol. The zero-order valence-electron chi connectivity index (χ0n) is 18.8. The van der Waals surface area contributed by atoms with Crippen molar-refractivity contribution in [2.24, 2.45) is 18.9 Å². The first kappa shape index (κ1) is 23.5. The van der Waals surface area contributed by atoms with Crippen LogP contribution in [0.15, 0.2) is 30.5 Å². The van der Waals surface area contributed by atoms with Gasteiger partial charge >= 0.3 is 6.18 Å². The Hall–Kier alpha value is -3.28. The SMILES string of the molecule is Cc1nc(C(=O)N2C[C@H]3C[C@H]3[C@H]2CNC(=O)c2cnn(C)c2C(F)(F)F)c(-c2cccc(F)c2)s1. The number of carbonyl (C=O) groups is 2. The standard InChI is InChI=1S/C23H21F4N5O2S/c1-11-30-18(19(35-11)12-4-3-5-14(24)6-12)22(34)32-10-13-7-15(13)17(32)9-28-21(33)16-8-29-31(2)20(16)23(25,26)27/h3-6,8,13,15,17H,7,9-10H2,1-2H3,(H,28,33)/t13-,15-,17-/m1/s1. The molecule has 0 radical (unpaired) electrons. The summed E-state index contributed by atoms with van der Waals surface area (Å²) in [6.07, 6.45) is -2.96. The number of thiazole rings is 1. The lowest BCUT2D eigenvalue weighted by molar-refractivity contribution is -0.144. The quantitative estimate of drug-likeness (QED) is 0.532. The molecule has 1 aliphatic heterocycles. The van der Waals surface area contributed by atoms with E-state index in [9.17, 15) is 27.2 Å². The number of aryl methyl sites for hydroxylation is 2. The minimum atomic E-state index is -4.73. The molecule has 3 heterocycles. The maximum atomic E-state index is 13.8. The van der Waals surface area contributed by atoms with Crippen LogP contribution in [0.25, 0.3) is 10.4 Å². The lowest BCUT2D eigenvalue weighted by atomic mass is 10.1. The first-order valence-electron chi connectivity index (χ1n) is 11.0. The highest BCUT2D eigenvalue weighted by Crippen LogP contribution is 2.50. The van der Waals surface area contributed by atoms with Gasteiger partial charge in [0.05, 0.1) is 27.7 Å². The zero-order chi connectivity index (χ0) is 25.1. The van der Waals surface area contributed by atoms with Gasteiger partial charge in [-0.05, 0) is 42.9 Å². The second kappa shape index (κ2) is 8.43. The number of nitrogens with one attached hydrogen (secondary N) is 1. The number of alkyl halides is 3. The predicted molar refractivity (Wildman–Crippen MR) is 119 cm³/mol. The van der Waals surface area contributed by atoms with Crippen molar-refractivity contribution in [3.8, 4) is 10.4 Å². The van der Waals surface area contributed by atoms with E-state index in [1.54, 1.807) is 24.0 Å². The number of halogens is 4. The van der Waals surface area contributed by atoms with Crippen LogP contribution in [0.5, 0.6) is 0 Å². The van der Waals surface area contributed by atoms with Gasteiger partial charge in [-0.25, -0.2) is 9.37 Å². The molecule has 1 saturated heterocycles. The highest BCUT2D eigenvalue weighted by atomic mass is 32.1. The summed E-state index contributed by atoms with van der Waals surface area (Å²) in [5.41, 5.74) is -0.935. The van der Waals surface area contributed by atoms with E-state index in [2.05, 4.69) is 15.4 Å². The monoisotopic (exact) mass is 507 g/mol. The number of benzene rings is 1. The summed E-state index contributed by atoms with van der Waals surface area (Å²) < 4.78 is 54.5. The van der Waals surface area contributed by atoms with Gasteiger partial charge in [-0.2, -0.15) is 18.3 Å². The molecule has 3 atom stereocenters. The Kier molecular flexibility index (Phi) is 5.65. The maximum Gasteiger partial charge on any atom is 0.433 e. The molecule has 184 valence electrons. The summed E-state index contributed by atoms with van der Waals surface area (Å²) >= 11 is 1.29. The van der Waals surface area contributed by atoms with Crippen LogP contribution in [0, 0.1) is 24.6 Å². The van der Waals surface area contributed by atoms with Gasteiger partial charge in [0, 0.05) is 20.1 Å². The van der Waals surface area contributed by atoms with E-state index >= 15 is 0 Å². The Bertz CT molecular complexity index is 1320. The van der Waals surface area contributed by atoms with Crippen LogP contribution in [0.3, 0.4) is 0 Å². The van der Waals surface area contributed by atoms with Gasteiger partial charge in [-0.3, -0.25) is 14.3 Å². The molecule has 5 rings (SSSR count). The molecule has 2 aliphatic rings. The summed E-state index contributed by atoms with van der Waals surface area (Å²) in [5, 5.41) is 6.79. The molecule has 1 aliphatic carbocycles. The first-order chi connectivity index (χ1) is 16.5. The third kappa shape index (κ3) is 4.30. The van der Waals surface area contributed by atoms with Crippen molar-refractivity contribution in [2.45, 2.75) is 25.6 Å². The highest BCUT2D eigenvalue weighted by Gasteiger charge is 2.54. The van der Waals surface area contributed by atoms with Crippen LogP contribution in [0.1, 0.15) is 38.0 Å². The Morgan fingerprint density at radius 1 is 1.29 bits per heavy atom. The fourth-order valence-corrected chi connectivity index (χ4v) is 5.74. The molecule has 2 fully saturated rings. The predicted octanol–water partition coefficient (Wildman–Crippen LogP) is 3.90. The molecule has 12 heteroatoms. The fourth-order valence-electron chi connectivity index (χ4n) is 4.83. The molecule has 2 aromatic heterocycles. The number of piperidine rings is 1. The third-order valence-corrected chi connectivity index (χ3v) is 7.53. The van der Waals surface area contributed by atoms with Gasteiger partial charge in [0.2, 0.25) is 0 Å². The Balaban J connectivity index is 1.36. The van der Waals surface area contributed by atoms with E-state index in [1.807, 2.05) is 0 Å².